The standard InChI is InChI=1S/C21H18N4O3S3/c1-12(19(27)25-20-22-8-9-29-20)30-21-24-15-7-6-14(10-17(15)31-21)23-11-13-4-3-5-16(28-2)18(13)26/h3-12,26H,1-2H3,(H,22,25,27). The predicted molar refractivity (Wildman–Crippen MR) is 128 cm³/mol. The van der Waals surface area contributed by atoms with Crippen molar-refractivity contribution in [2.45, 2.75) is 16.5 Å². The number of aromatic hydroxyl groups is 1. The number of ether oxygens (including phenoxy) is 1. The monoisotopic (exact) mass is 470 g/mol. The lowest BCUT2D eigenvalue weighted by atomic mass is 10.2. The van der Waals surface area contributed by atoms with Crippen molar-refractivity contribution in [2.24, 2.45) is 4.99 Å². The molecule has 0 spiro atoms. The number of aromatic nitrogens is 2. The minimum absolute atomic E-state index is 0.0521. The van der Waals surface area contributed by atoms with Crippen molar-refractivity contribution >= 4 is 67.6 Å². The van der Waals surface area contributed by atoms with Crippen LogP contribution in [0.3, 0.4) is 0 Å². The Labute approximate surface area is 190 Å². The lowest BCUT2D eigenvalue weighted by molar-refractivity contribution is -0.115. The fourth-order valence-corrected chi connectivity index (χ4v) is 5.45. The van der Waals surface area contributed by atoms with E-state index in [4.69, 9.17) is 4.74 Å². The summed E-state index contributed by atoms with van der Waals surface area (Å²) in [5, 5.41) is 15.1. The van der Waals surface area contributed by atoms with Crippen molar-refractivity contribution in [2.75, 3.05) is 12.4 Å². The molecule has 0 aliphatic rings. The number of methoxy groups -OCH3 is 1. The van der Waals surface area contributed by atoms with Gasteiger partial charge in [0.15, 0.2) is 21.0 Å². The van der Waals surface area contributed by atoms with Gasteiger partial charge in [-0.2, -0.15) is 0 Å². The Bertz CT molecular complexity index is 1240. The van der Waals surface area contributed by atoms with Crippen molar-refractivity contribution in [1.29, 1.82) is 0 Å². The van der Waals surface area contributed by atoms with E-state index in [1.807, 2.05) is 30.5 Å². The van der Waals surface area contributed by atoms with Crippen LogP contribution < -0.4 is 10.1 Å². The van der Waals surface area contributed by atoms with E-state index in [-0.39, 0.29) is 16.9 Å². The molecule has 2 aromatic carbocycles. The van der Waals surface area contributed by atoms with Crippen LogP contribution in [0.4, 0.5) is 10.8 Å². The first-order valence-electron chi connectivity index (χ1n) is 9.21. The van der Waals surface area contributed by atoms with Gasteiger partial charge < -0.3 is 15.2 Å². The van der Waals surface area contributed by atoms with Gasteiger partial charge in [-0.3, -0.25) is 9.79 Å². The van der Waals surface area contributed by atoms with Crippen LogP contribution in [0.15, 0.2) is 57.3 Å². The second-order valence-corrected chi connectivity index (χ2v) is 9.89. The highest BCUT2D eigenvalue weighted by Gasteiger charge is 2.18. The van der Waals surface area contributed by atoms with Crippen molar-refractivity contribution in [3.8, 4) is 11.5 Å². The van der Waals surface area contributed by atoms with Gasteiger partial charge in [-0.05, 0) is 37.3 Å². The summed E-state index contributed by atoms with van der Waals surface area (Å²) >= 11 is 4.30. The third kappa shape index (κ3) is 5.04. The van der Waals surface area contributed by atoms with Crippen LogP contribution in [0, 0.1) is 0 Å². The van der Waals surface area contributed by atoms with E-state index < -0.39 is 0 Å². The van der Waals surface area contributed by atoms with Gasteiger partial charge in [0.1, 0.15) is 0 Å². The van der Waals surface area contributed by atoms with Crippen LogP contribution in [0.5, 0.6) is 11.5 Å². The number of carbonyl (C=O) groups excluding carboxylic acids is 1. The van der Waals surface area contributed by atoms with E-state index in [0.29, 0.717) is 16.4 Å². The lowest BCUT2D eigenvalue weighted by Gasteiger charge is -2.07. The quantitative estimate of drug-likeness (QED) is 0.280. The van der Waals surface area contributed by atoms with E-state index >= 15 is 0 Å². The smallest absolute Gasteiger partial charge is 0.239 e. The molecule has 0 aliphatic heterocycles. The molecular weight excluding hydrogens is 452 g/mol. The highest BCUT2D eigenvalue weighted by atomic mass is 32.2. The fourth-order valence-electron chi connectivity index (χ4n) is 2.67. The minimum Gasteiger partial charge on any atom is -0.504 e. The van der Waals surface area contributed by atoms with Crippen LogP contribution >= 0.6 is 34.4 Å². The van der Waals surface area contributed by atoms with Crippen molar-refractivity contribution in [3.05, 3.63) is 53.5 Å². The summed E-state index contributed by atoms with van der Waals surface area (Å²) in [4.78, 5) is 25.5. The zero-order valence-corrected chi connectivity index (χ0v) is 19.1. The summed E-state index contributed by atoms with van der Waals surface area (Å²) in [6, 6.07) is 10.9. The number of nitrogens with zero attached hydrogens (tertiary/aromatic N) is 3. The molecule has 0 saturated heterocycles. The first kappa shape index (κ1) is 21.3. The first-order valence-corrected chi connectivity index (χ1v) is 11.8. The zero-order chi connectivity index (χ0) is 21.8. The molecule has 2 N–H and O–H groups in total. The normalized spacial score (nSPS) is 12.3. The number of hydrogen-bond donors (Lipinski definition) is 2. The summed E-state index contributed by atoms with van der Waals surface area (Å²) in [6.45, 7) is 1.84. The number of carbonyl (C=O) groups is 1. The molecule has 158 valence electrons. The maximum atomic E-state index is 12.3. The first-order chi connectivity index (χ1) is 15.0. The second-order valence-electron chi connectivity index (χ2n) is 6.37. The molecule has 1 atom stereocenters. The van der Waals surface area contributed by atoms with Crippen molar-refractivity contribution in [3.63, 3.8) is 0 Å². The number of aliphatic imine (C=N–C) groups is 1. The number of phenolic OH excluding ortho intramolecular Hbond substituents is 1. The molecule has 0 aliphatic carbocycles. The molecule has 31 heavy (non-hydrogen) atoms. The van der Waals surface area contributed by atoms with Gasteiger partial charge in [0.05, 0.1) is 28.3 Å². The number of benzene rings is 2. The van der Waals surface area contributed by atoms with Crippen LogP contribution in [0.1, 0.15) is 12.5 Å². The minimum atomic E-state index is -0.307. The van der Waals surface area contributed by atoms with Crippen LogP contribution in [-0.2, 0) is 4.79 Å². The van der Waals surface area contributed by atoms with Gasteiger partial charge in [-0.1, -0.05) is 17.8 Å². The highest BCUT2D eigenvalue weighted by molar-refractivity contribution is 8.02. The van der Waals surface area contributed by atoms with Crippen molar-refractivity contribution in [1.82, 2.24) is 9.97 Å². The Morgan fingerprint density at radius 1 is 1.35 bits per heavy atom. The second kappa shape index (κ2) is 9.46. The number of phenols is 1. The molecule has 4 aromatic rings. The van der Waals surface area contributed by atoms with E-state index in [1.165, 1.54) is 41.5 Å². The van der Waals surface area contributed by atoms with Gasteiger partial charge in [0.2, 0.25) is 5.91 Å². The maximum Gasteiger partial charge on any atom is 0.239 e. The Balaban J connectivity index is 1.47. The summed E-state index contributed by atoms with van der Waals surface area (Å²) in [7, 11) is 1.51. The zero-order valence-electron chi connectivity index (χ0n) is 16.6. The van der Waals surface area contributed by atoms with Gasteiger partial charge in [0.25, 0.3) is 0 Å². The Morgan fingerprint density at radius 3 is 3.00 bits per heavy atom. The highest BCUT2D eigenvalue weighted by Crippen LogP contribution is 2.34. The summed E-state index contributed by atoms with van der Waals surface area (Å²) in [6.07, 6.45) is 3.25. The van der Waals surface area contributed by atoms with E-state index in [9.17, 15) is 9.90 Å². The number of rotatable bonds is 7. The molecule has 1 unspecified atom stereocenters. The van der Waals surface area contributed by atoms with Gasteiger partial charge >= 0.3 is 0 Å². The van der Waals surface area contributed by atoms with Gasteiger partial charge in [-0.25, -0.2) is 9.97 Å². The average molecular weight is 471 g/mol. The maximum absolute atomic E-state index is 12.3. The topological polar surface area (TPSA) is 96.7 Å². The Kier molecular flexibility index (Phi) is 6.50. The molecule has 4 rings (SSSR count). The van der Waals surface area contributed by atoms with E-state index in [1.54, 1.807) is 30.6 Å². The van der Waals surface area contributed by atoms with Crippen LogP contribution in [-0.4, -0.2) is 39.6 Å². The number of thiazole rings is 2. The summed E-state index contributed by atoms with van der Waals surface area (Å²) in [5.74, 6) is 0.343. The molecule has 10 heteroatoms. The third-order valence-corrected chi connectivity index (χ3v) is 7.17. The number of hydrogen-bond acceptors (Lipinski definition) is 9. The van der Waals surface area contributed by atoms with Gasteiger partial charge in [0, 0.05) is 23.4 Å². The van der Waals surface area contributed by atoms with E-state index in [0.717, 1.165) is 20.2 Å². The Hall–Kier alpha value is -2.95. The molecule has 2 aromatic heterocycles. The Morgan fingerprint density at radius 2 is 2.23 bits per heavy atom. The molecule has 2 heterocycles. The average Bonchev–Trinajstić information content (AvgIpc) is 3.41. The fraction of sp³-hybridized carbons (Fsp3) is 0.143. The lowest BCUT2D eigenvalue weighted by Crippen LogP contribution is -2.22. The number of thioether (sulfide) groups is 1. The molecule has 1 amide bonds. The van der Waals surface area contributed by atoms with Gasteiger partial charge in [-0.15, -0.1) is 22.7 Å². The SMILES string of the molecule is COc1cccc(C=Nc2ccc3nc(SC(C)C(=O)Nc4nccs4)sc3c2)c1O. The summed E-state index contributed by atoms with van der Waals surface area (Å²) in [5.41, 5.74) is 2.16. The molecule has 0 fully saturated rings. The number of para-hydroxylation sites is 1. The molecule has 0 bridgehead atoms. The molecule has 0 radical (unpaired) electrons. The number of amides is 1. The molecule has 0 saturated carbocycles. The molecular formula is C21H18N4O3S3. The molecule has 7 nitrogen and oxygen atoms in total. The number of anilines is 1. The summed E-state index contributed by atoms with van der Waals surface area (Å²) < 4.78 is 6.90. The largest absolute Gasteiger partial charge is 0.504 e. The number of fused-ring (bicyclic) bond motifs is 1. The van der Waals surface area contributed by atoms with E-state index in [2.05, 4.69) is 20.3 Å². The third-order valence-electron chi connectivity index (χ3n) is 4.26. The van der Waals surface area contributed by atoms with Crippen LogP contribution in [0.25, 0.3) is 10.2 Å². The number of nitrogens with one attached hydrogen (secondary N) is 1. The predicted octanol–water partition coefficient (Wildman–Crippen LogP) is 5.34. The van der Waals surface area contributed by atoms with Crippen molar-refractivity contribution < 1.29 is 14.6 Å². The van der Waals surface area contributed by atoms with Crippen LogP contribution in [0.2, 0.25) is 0 Å².